The molecule has 2 aromatic rings. The summed E-state index contributed by atoms with van der Waals surface area (Å²) >= 11 is 0. The Hall–Kier alpha value is -2.22. The molecule has 4 heterocycles. The van der Waals surface area contributed by atoms with Gasteiger partial charge < -0.3 is 14.5 Å². The summed E-state index contributed by atoms with van der Waals surface area (Å²) in [4.78, 5) is 17.1. The van der Waals surface area contributed by atoms with Crippen LogP contribution in [0.4, 0.5) is 5.82 Å². The van der Waals surface area contributed by atoms with Crippen LogP contribution in [0.3, 0.4) is 0 Å². The molecule has 0 bridgehead atoms. The van der Waals surface area contributed by atoms with E-state index >= 15 is 0 Å². The van der Waals surface area contributed by atoms with Gasteiger partial charge in [0.25, 0.3) is 0 Å². The first-order valence-corrected chi connectivity index (χ1v) is 9.08. The Morgan fingerprint density at radius 1 is 1.28 bits per heavy atom. The van der Waals surface area contributed by atoms with E-state index in [0.717, 1.165) is 63.5 Å². The van der Waals surface area contributed by atoms with Gasteiger partial charge in [0, 0.05) is 32.8 Å². The molecule has 25 heavy (non-hydrogen) atoms. The van der Waals surface area contributed by atoms with Crippen molar-refractivity contribution in [3.05, 3.63) is 18.5 Å². The number of amides is 1. The standard InChI is InChI=1S/C17H24N6O2/c1-2-14-13(4-3-11-25-14)17(24)22-9-7-21(8-10-22)16-6-5-15-19-18-12-23(15)20-16/h5-6,12-14H,2-4,7-11H2,1H3/t13-,14-/m0/s1. The highest BCUT2D eigenvalue weighted by molar-refractivity contribution is 5.79. The second-order valence-electron chi connectivity index (χ2n) is 6.70. The van der Waals surface area contributed by atoms with E-state index in [0.29, 0.717) is 0 Å². The van der Waals surface area contributed by atoms with Crippen molar-refractivity contribution in [3.63, 3.8) is 0 Å². The second-order valence-corrected chi connectivity index (χ2v) is 6.70. The predicted octanol–water partition coefficient (Wildman–Crippen LogP) is 0.978. The van der Waals surface area contributed by atoms with Crippen molar-refractivity contribution in [1.29, 1.82) is 0 Å². The lowest BCUT2D eigenvalue weighted by molar-refractivity contribution is -0.145. The molecule has 0 saturated carbocycles. The van der Waals surface area contributed by atoms with E-state index in [4.69, 9.17) is 4.74 Å². The molecular weight excluding hydrogens is 320 g/mol. The van der Waals surface area contributed by atoms with Crippen LogP contribution in [0, 0.1) is 5.92 Å². The quantitative estimate of drug-likeness (QED) is 0.826. The fraction of sp³-hybridized carbons (Fsp3) is 0.647. The summed E-state index contributed by atoms with van der Waals surface area (Å²) < 4.78 is 7.47. The van der Waals surface area contributed by atoms with Crippen molar-refractivity contribution in [2.24, 2.45) is 5.92 Å². The molecule has 2 atom stereocenters. The lowest BCUT2D eigenvalue weighted by atomic mass is 9.91. The van der Waals surface area contributed by atoms with Crippen LogP contribution in [0.25, 0.3) is 5.65 Å². The zero-order valence-electron chi connectivity index (χ0n) is 14.5. The Balaban J connectivity index is 1.39. The largest absolute Gasteiger partial charge is 0.377 e. The van der Waals surface area contributed by atoms with Gasteiger partial charge in [-0.05, 0) is 31.4 Å². The highest BCUT2D eigenvalue weighted by atomic mass is 16.5. The number of hydrogen-bond acceptors (Lipinski definition) is 6. The minimum atomic E-state index is 0.0248. The fourth-order valence-corrected chi connectivity index (χ4v) is 3.80. The summed E-state index contributed by atoms with van der Waals surface area (Å²) in [6, 6.07) is 3.88. The van der Waals surface area contributed by atoms with Crippen LogP contribution < -0.4 is 4.90 Å². The van der Waals surface area contributed by atoms with Gasteiger partial charge in [-0.1, -0.05) is 6.92 Å². The summed E-state index contributed by atoms with van der Waals surface area (Å²) in [5, 5.41) is 12.4. The molecule has 2 aliphatic rings. The van der Waals surface area contributed by atoms with E-state index in [1.807, 2.05) is 17.0 Å². The van der Waals surface area contributed by atoms with Crippen molar-refractivity contribution in [3.8, 4) is 0 Å². The molecule has 0 N–H and O–H groups in total. The second kappa shape index (κ2) is 6.95. The van der Waals surface area contributed by atoms with Crippen molar-refractivity contribution in [2.75, 3.05) is 37.7 Å². The van der Waals surface area contributed by atoms with Gasteiger partial charge in [-0.3, -0.25) is 4.79 Å². The number of carbonyl (C=O) groups excluding carboxylic acids is 1. The molecule has 0 aliphatic carbocycles. The Morgan fingerprint density at radius 2 is 2.12 bits per heavy atom. The molecule has 0 spiro atoms. The molecule has 2 aromatic heterocycles. The molecule has 8 heteroatoms. The molecule has 1 amide bonds. The van der Waals surface area contributed by atoms with E-state index in [1.165, 1.54) is 0 Å². The van der Waals surface area contributed by atoms with E-state index < -0.39 is 0 Å². The zero-order valence-corrected chi connectivity index (χ0v) is 14.5. The number of nitrogens with zero attached hydrogens (tertiary/aromatic N) is 6. The van der Waals surface area contributed by atoms with Crippen LogP contribution in [0.2, 0.25) is 0 Å². The summed E-state index contributed by atoms with van der Waals surface area (Å²) in [7, 11) is 0. The van der Waals surface area contributed by atoms with E-state index in [-0.39, 0.29) is 17.9 Å². The lowest BCUT2D eigenvalue weighted by Crippen LogP contribution is -2.52. The number of hydrogen-bond donors (Lipinski definition) is 0. The predicted molar refractivity (Wildman–Crippen MR) is 92.3 cm³/mol. The Labute approximate surface area is 146 Å². The SMILES string of the molecule is CC[C@@H]1OCCC[C@@H]1C(=O)N1CCN(c2ccc3nncn3n2)CC1. The molecule has 0 aromatic carbocycles. The minimum Gasteiger partial charge on any atom is -0.377 e. The van der Waals surface area contributed by atoms with Gasteiger partial charge in [-0.25, -0.2) is 0 Å². The molecule has 134 valence electrons. The van der Waals surface area contributed by atoms with Crippen LogP contribution >= 0.6 is 0 Å². The van der Waals surface area contributed by atoms with Gasteiger partial charge in [0.05, 0.1) is 12.0 Å². The topological polar surface area (TPSA) is 75.9 Å². The van der Waals surface area contributed by atoms with Crippen LogP contribution in [0.15, 0.2) is 18.5 Å². The smallest absolute Gasteiger partial charge is 0.228 e. The molecule has 2 fully saturated rings. The van der Waals surface area contributed by atoms with E-state index in [2.05, 4.69) is 27.1 Å². The first-order valence-electron chi connectivity index (χ1n) is 9.08. The summed E-state index contributed by atoms with van der Waals surface area (Å²) in [5.74, 6) is 1.18. The van der Waals surface area contributed by atoms with Crippen LogP contribution in [-0.4, -0.2) is 69.5 Å². The van der Waals surface area contributed by atoms with Gasteiger partial charge in [-0.15, -0.1) is 15.3 Å². The molecule has 2 saturated heterocycles. The Morgan fingerprint density at radius 3 is 2.92 bits per heavy atom. The number of ether oxygens (including phenoxy) is 1. The third-order valence-corrected chi connectivity index (χ3v) is 5.22. The first kappa shape index (κ1) is 16.3. The number of piperazine rings is 1. The summed E-state index contributed by atoms with van der Waals surface area (Å²) in [5.41, 5.74) is 0.737. The van der Waals surface area contributed by atoms with Crippen molar-refractivity contribution in [2.45, 2.75) is 32.3 Å². The van der Waals surface area contributed by atoms with Gasteiger partial charge >= 0.3 is 0 Å². The van der Waals surface area contributed by atoms with Crippen molar-refractivity contribution >= 4 is 17.4 Å². The minimum absolute atomic E-state index is 0.0248. The average molecular weight is 344 g/mol. The van der Waals surface area contributed by atoms with Gasteiger partial charge in [0.2, 0.25) is 5.91 Å². The van der Waals surface area contributed by atoms with E-state index in [9.17, 15) is 4.79 Å². The Bertz CT molecular complexity index is 740. The molecular formula is C17H24N6O2. The zero-order chi connectivity index (χ0) is 17.2. The molecule has 4 rings (SSSR count). The third-order valence-electron chi connectivity index (χ3n) is 5.22. The van der Waals surface area contributed by atoms with Gasteiger partial charge in [0.15, 0.2) is 5.65 Å². The maximum absolute atomic E-state index is 12.9. The summed E-state index contributed by atoms with van der Waals surface area (Å²) in [6.07, 6.45) is 4.52. The normalized spacial score (nSPS) is 24.7. The lowest BCUT2D eigenvalue weighted by Gasteiger charge is -2.39. The van der Waals surface area contributed by atoms with Crippen LogP contribution in [0.5, 0.6) is 0 Å². The Kier molecular flexibility index (Phi) is 4.52. The molecule has 8 nitrogen and oxygen atoms in total. The monoisotopic (exact) mass is 344 g/mol. The highest BCUT2D eigenvalue weighted by Crippen LogP contribution is 2.26. The van der Waals surface area contributed by atoms with Crippen LogP contribution in [0.1, 0.15) is 26.2 Å². The third kappa shape index (κ3) is 3.18. The van der Waals surface area contributed by atoms with Crippen molar-refractivity contribution < 1.29 is 9.53 Å². The summed E-state index contributed by atoms with van der Waals surface area (Å²) in [6.45, 7) is 5.92. The van der Waals surface area contributed by atoms with Crippen LogP contribution in [-0.2, 0) is 9.53 Å². The number of aromatic nitrogens is 4. The number of rotatable bonds is 3. The maximum atomic E-state index is 12.9. The molecule has 0 unspecified atom stereocenters. The van der Waals surface area contributed by atoms with Crippen molar-refractivity contribution in [1.82, 2.24) is 24.7 Å². The van der Waals surface area contributed by atoms with E-state index in [1.54, 1.807) is 10.8 Å². The fourth-order valence-electron chi connectivity index (χ4n) is 3.80. The number of fused-ring (bicyclic) bond motifs is 1. The molecule has 2 aliphatic heterocycles. The molecule has 0 radical (unpaired) electrons. The van der Waals surface area contributed by atoms with Gasteiger partial charge in [0.1, 0.15) is 12.1 Å². The average Bonchev–Trinajstić information content (AvgIpc) is 3.15. The van der Waals surface area contributed by atoms with Gasteiger partial charge in [-0.2, -0.15) is 4.52 Å². The maximum Gasteiger partial charge on any atom is 0.228 e. The highest BCUT2D eigenvalue weighted by Gasteiger charge is 2.34. The first-order chi connectivity index (χ1) is 12.3. The number of carbonyl (C=O) groups is 1. The number of anilines is 1.